The van der Waals surface area contributed by atoms with Gasteiger partial charge in [-0.3, -0.25) is 0 Å². The molecule has 0 spiro atoms. The number of benzene rings is 5. The predicted molar refractivity (Wildman–Crippen MR) is 134 cm³/mol. The molecule has 0 saturated heterocycles. The molecule has 5 aromatic carbocycles. The molecule has 0 atom stereocenters. The van der Waals surface area contributed by atoms with Crippen LogP contribution in [0.5, 0.6) is 0 Å². The van der Waals surface area contributed by atoms with Crippen LogP contribution in [0, 0.1) is 17.9 Å². The zero-order valence-corrected chi connectivity index (χ0v) is 17.5. The van der Waals surface area contributed by atoms with Gasteiger partial charge in [-0.25, -0.2) is 4.85 Å². The van der Waals surface area contributed by atoms with Crippen LogP contribution in [0.2, 0.25) is 0 Å². The lowest BCUT2D eigenvalue weighted by molar-refractivity contribution is 1.18. The number of rotatable bonds is 1. The maximum atomic E-state index is 9.91. The second kappa shape index (κ2) is 6.33. The van der Waals surface area contributed by atoms with Crippen molar-refractivity contribution in [2.75, 3.05) is 0 Å². The highest BCUT2D eigenvalue weighted by Crippen LogP contribution is 2.51. The van der Waals surface area contributed by atoms with E-state index in [-0.39, 0.29) is 0 Å². The van der Waals surface area contributed by atoms with Gasteiger partial charge in [0.15, 0.2) is 5.69 Å². The van der Waals surface area contributed by atoms with Gasteiger partial charge >= 0.3 is 0 Å². The summed E-state index contributed by atoms with van der Waals surface area (Å²) in [5, 5.41) is 14.6. The van der Waals surface area contributed by atoms with Crippen molar-refractivity contribution in [1.29, 1.82) is 5.26 Å². The van der Waals surface area contributed by atoms with E-state index in [4.69, 9.17) is 6.57 Å². The van der Waals surface area contributed by atoms with Crippen molar-refractivity contribution in [1.82, 2.24) is 4.57 Å². The van der Waals surface area contributed by atoms with E-state index in [9.17, 15) is 5.26 Å². The third kappa shape index (κ3) is 2.21. The fourth-order valence-electron chi connectivity index (χ4n) is 5.44. The summed E-state index contributed by atoms with van der Waals surface area (Å²) in [5.41, 5.74) is 8.93. The molecule has 0 fully saturated rings. The smallest absolute Gasteiger partial charge is 0.189 e. The van der Waals surface area contributed by atoms with Gasteiger partial charge in [0.25, 0.3) is 0 Å². The van der Waals surface area contributed by atoms with Crippen LogP contribution in [0.1, 0.15) is 5.56 Å². The Morgan fingerprint density at radius 1 is 0.697 bits per heavy atom. The van der Waals surface area contributed by atoms with Crippen molar-refractivity contribution in [3.05, 3.63) is 108 Å². The Kier molecular flexibility index (Phi) is 3.41. The first-order chi connectivity index (χ1) is 16.3. The lowest BCUT2D eigenvalue weighted by Gasteiger charge is -2.13. The monoisotopic (exact) mass is 417 g/mol. The molecule has 0 radical (unpaired) electrons. The minimum absolute atomic E-state index is 0.522. The van der Waals surface area contributed by atoms with Crippen LogP contribution in [-0.4, -0.2) is 4.57 Å². The van der Waals surface area contributed by atoms with Crippen LogP contribution in [0.4, 0.5) is 5.69 Å². The highest BCUT2D eigenvalue weighted by Gasteiger charge is 2.25. The van der Waals surface area contributed by atoms with Crippen molar-refractivity contribution in [2.24, 2.45) is 0 Å². The molecular formula is C30H15N3. The van der Waals surface area contributed by atoms with Crippen LogP contribution in [0.3, 0.4) is 0 Å². The lowest BCUT2D eigenvalue weighted by Crippen LogP contribution is -1.98. The molecule has 1 aliphatic rings. The Hall–Kier alpha value is -4.86. The zero-order chi connectivity index (χ0) is 22.1. The average Bonchev–Trinajstić information content (AvgIpc) is 3.38. The van der Waals surface area contributed by atoms with Gasteiger partial charge in [0, 0.05) is 16.2 Å². The summed E-state index contributed by atoms with van der Waals surface area (Å²) in [7, 11) is 0. The number of hydrogen-bond donors (Lipinski definition) is 0. The Labute approximate surface area is 190 Å². The van der Waals surface area contributed by atoms with E-state index in [1.807, 2.05) is 12.1 Å². The quantitative estimate of drug-likeness (QED) is 0.249. The predicted octanol–water partition coefficient (Wildman–Crippen LogP) is 8.01. The lowest BCUT2D eigenvalue weighted by atomic mass is 9.99. The van der Waals surface area contributed by atoms with Crippen molar-refractivity contribution in [3.63, 3.8) is 0 Å². The zero-order valence-electron chi connectivity index (χ0n) is 17.5. The molecule has 1 aromatic heterocycles. The SMILES string of the molecule is [C-]#[N+]c1ccc(C#N)c(-n2c3ccccc3c3cc4c5c(cccc5c32)-c2ccccc2-4)c1. The summed E-state index contributed by atoms with van der Waals surface area (Å²) in [6.45, 7) is 7.52. The van der Waals surface area contributed by atoms with E-state index >= 15 is 0 Å². The summed E-state index contributed by atoms with van der Waals surface area (Å²) in [5.74, 6) is 0. The number of aromatic nitrogens is 1. The van der Waals surface area contributed by atoms with Crippen LogP contribution in [-0.2, 0) is 0 Å². The molecule has 0 amide bonds. The third-order valence-electron chi connectivity index (χ3n) is 6.77. The fraction of sp³-hybridized carbons (Fsp3) is 0. The van der Waals surface area contributed by atoms with E-state index in [1.165, 1.54) is 27.6 Å². The molecule has 150 valence electrons. The number of para-hydroxylation sites is 1. The highest BCUT2D eigenvalue weighted by molar-refractivity contribution is 6.27. The van der Waals surface area contributed by atoms with Gasteiger partial charge in [0.2, 0.25) is 0 Å². The molecule has 3 nitrogen and oxygen atoms in total. The van der Waals surface area contributed by atoms with Crippen molar-refractivity contribution < 1.29 is 0 Å². The number of nitrogens with zero attached hydrogens (tertiary/aromatic N) is 3. The van der Waals surface area contributed by atoms with Gasteiger partial charge in [-0.2, -0.15) is 5.26 Å². The molecule has 0 N–H and O–H groups in total. The molecule has 6 aromatic rings. The molecule has 0 aliphatic heterocycles. The summed E-state index contributed by atoms with van der Waals surface area (Å²) >= 11 is 0. The van der Waals surface area contributed by atoms with Crippen molar-refractivity contribution in [3.8, 4) is 34.0 Å². The Morgan fingerprint density at radius 3 is 2.24 bits per heavy atom. The largest absolute Gasteiger partial charge is 0.309 e. The molecule has 0 bridgehead atoms. The number of fused-ring (bicyclic) bond motifs is 7. The van der Waals surface area contributed by atoms with Gasteiger partial charge in [-0.15, -0.1) is 0 Å². The fourth-order valence-corrected chi connectivity index (χ4v) is 5.44. The van der Waals surface area contributed by atoms with E-state index in [0.29, 0.717) is 11.3 Å². The normalized spacial score (nSPS) is 11.6. The van der Waals surface area contributed by atoms with E-state index < -0.39 is 0 Å². The van der Waals surface area contributed by atoms with E-state index in [1.54, 1.807) is 12.1 Å². The van der Waals surface area contributed by atoms with Gasteiger partial charge in [-0.1, -0.05) is 72.8 Å². The first kappa shape index (κ1) is 17.8. The topological polar surface area (TPSA) is 33.1 Å². The minimum Gasteiger partial charge on any atom is -0.309 e. The summed E-state index contributed by atoms with van der Waals surface area (Å²) in [6.07, 6.45) is 0. The van der Waals surface area contributed by atoms with E-state index in [0.717, 1.165) is 32.9 Å². The van der Waals surface area contributed by atoms with Gasteiger partial charge in [-0.05, 0) is 45.8 Å². The van der Waals surface area contributed by atoms with Gasteiger partial charge in [0.1, 0.15) is 6.07 Å². The summed E-state index contributed by atoms with van der Waals surface area (Å²) < 4.78 is 2.17. The summed E-state index contributed by atoms with van der Waals surface area (Å²) in [4.78, 5) is 3.63. The molecule has 0 saturated carbocycles. The molecule has 7 rings (SSSR count). The first-order valence-corrected chi connectivity index (χ1v) is 10.8. The maximum Gasteiger partial charge on any atom is 0.189 e. The van der Waals surface area contributed by atoms with E-state index in [2.05, 4.69) is 82.2 Å². The first-order valence-electron chi connectivity index (χ1n) is 10.8. The van der Waals surface area contributed by atoms with Crippen LogP contribution < -0.4 is 0 Å². The molecular weight excluding hydrogens is 402 g/mol. The van der Waals surface area contributed by atoms with Crippen LogP contribution in [0.15, 0.2) is 91.0 Å². The molecule has 0 unspecified atom stereocenters. The summed E-state index contributed by atoms with van der Waals surface area (Å²) in [6, 6.07) is 33.3. The minimum atomic E-state index is 0.522. The Bertz CT molecular complexity index is 1890. The number of hydrogen-bond acceptors (Lipinski definition) is 1. The van der Waals surface area contributed by atoms with Crippen LogP contribution in [0.25, 0.3) is 65.4 Å². The molecule has 1 heterocycles. The Balaban J connectivity index is 1.76. The van der Waals surface area contributed by atoms with Gasteiger partial charge < -0.3 is 4.57 Å². The standard InChI is InChI=1S/C30H15N3/c1-32-19-14-13-18(17-31)28(15-19)33-27-12-5-4-9-22(27)26-16-25-21-8-3-2-7-20(21)23-10-6-11-24(29(23)25)30(26)33/h2-16H. The highest BCUT2D eigenvalue weighted by atomic mass is 15.0. The van der Waals surface area contributed by atoms with Gasteiger partial charge in [0.05, 0.1) is 28.9 Å². The second-order valence-electron chi connectivity index (χ2n) is 8.37. The second-order valence-corrected chi connectivity index (χ2v) is 8.37. The van der Waals surface area contributed by atoms with Crippen LogP contribution >= 0.6 is 0 Å². The van der Waals surface area contributed by atoms with Crippen molar-refractivity contribution >= 4 is 38.3 Å². The maximum absolute atomic E-state index is 9.91. The molecule has 1 aliphatic carbocycles. The Morgan fingerprint density at radius 2 is 1.42 bits per heavy atom. The average molecular weight is 417 g/mol. The third-order valence-corrected chi connectivity index (χ3v) is 6.77. The van der Waals surface area contributed by atoms with Crippen molar-refractivity contribution in [2.45, 2.75) is 0 Å². The number of nitriles is 1. The molecule has 3 heteroatoms. The molecule has 33 heavy (non-hydrogen) atoms.